The van der Waals surface area contributed by atoms with E-state index >= 15 is 0 Å². The molecule has 1 saturated carbocycles. The maximum atomic E-state index is 13.4. The number of halogens is 1. The summed E-state index contributed by atoms with van der Waals surface area (Å²) in [5.74, 6) is 2.43. The van der Waals surface area contributed by atoms with Crippen molar-refractivity contribution in [1.82, 2.24) is 15.1 Å². The highest BCUT2D eigenvalue weighted by molar-refractivity contribution is 5.59. The highest BCUT2D eigenvalue weighted by atomic mass is 19.1. The van der Waals surface area contributed by atoms with Crippen LogP contribution >= 0.6 is 0 Å². The Balaban J connectivity index is 1.37. The van der Waals surface area contributed by atoms with Gasteiger partial charge in [-0.15, -0.1) is 5.10 Å². The summed E-state index contributed by atoms with van der Waals surface area (Å²) in [4.78, 5) is 2.38. The molecule has 3 fully saturated rings. The second kappa shape index (κ2) is 7.62. The molecule has 1 aromatic heterocycles. The summed E-state index contributed by atoms with van der Waals surface area (Å²) in [7, 11) is 0. The van der Waals surface area contributed by atoms with Crippen molar-refractivity contribution in [2.45, 2.75) is 31.7 Å². The van der Waals surface area contributed by atoms with Crippen LogP contribution in [0.5, 0.6) is 0 Å². The largest absolute Gasteiger partial charge is 0.477 e. The molecule has 1 aliphatic carbocycles. The number of nitrogens with zero attached hydrogens (tertiary/aromatic N) is 3. The number of rotatable bonds is 3. The lowest BCUT2D eigenvalue weighted by Gasteiger charge is -2.47. The summed E-state index contributed by atoms with van der Waals surface area (Å²) in [6, 6.07) is 10.7. The van der Waals surface area contributed by atoms with Gasteiger partial charge in [0.25, 0.3) is 0 Å². The van der Waals surface area contributed by atoms with E-state index in [1.165, 1.54) is 37.8 Å². The van der Waals surface area contributed by atoms with E-state index in [1.54, 1.807) is 6.07 Å². The molecule has 1 aromatic carbocycles. The van der Waals surface area contributed by atoms with E-state index in [2.05, 4.69) is 33.8 Å². The van der Waals surface area contributed by atoms with Crippen molar-refractivity contribution in [1.29, 1.82) is 0 Å². The summed E-state index contributed by atoms with van der Waals surface area (Å²) in [6.07, 6.45) is 9.64. The number of hydrogen-bond donors (Lipinski definition) is 0. The molecular formula is C24H26FN3O. The summed E-state index contributed by atoms with van der Waals surface area (Å²) >= 11 is 0. The fourth-order valence-electron chi connectivity index (χ4n) is 5.32. The fraction of sp³-hybridized carbons (Fsp3) is 0.417. The predicted octanol–water partition coefficient (Wildman–Crippen LogP) is 4.90. The van der Waals surface area contributed by atoms with Gasteiger partial charge in [0, 0.05) is 18.0 Å². The Morgan fingerprint density at radius 2 is 2.03 bits per heavy atom. The zero-order chi connectivity index (χ0) is 19.8. The Hall–Kier alpha value is -2.69. The normalized spacial score (nSPS) is 28.9. The van der Waals surface area contributed by atoms with Crippen LogP contribution in [0.25, 0.3) is 17.3 Å². The molecule has 2 aromatic rings. The molecule has 4 nitrogen and oxygen atoms in total. The minimum atomic E-state index is -0.266. The van der Waals surface area contributed by atoms with E-state index in [-0.39, 0.29) is 5.82 Å². The Bertz CT molecular complexity index is 926. The number of hydrogen-bond acceptors (Lipinski definition) is 4. The predicted molar refractivity (Wildman–Crippen MR) is 111 cm³/mol. The first-order valence-electron chi connectivity index (χ1n) is 10.6. The van der Waals surface area contributed by atoms with Gasteiger partial charge in [0.1, 0.15) is 12.4 Å². The minimum Gasteiger partial charge on any atom is -0.477 e. The lowest BCUT2D eigenvalue weighted by atomic mass is 9.67. The minimum absolute atomic E-state index is 0.266. The van der Waals surface area contributed by atoms with Gasteiger partial charge in [-0.2, -0.15) is 5.10 Å². The zero-order valence-electron chi connectivity index (χ0n) is 16.5. The van der Waals surface area contributed by atoms with Crippen molar-refractivity contribution in [2.24, 2.45) is 17.8 Å². The maximum Gasteiger partial charge on any atom is 0.182 e. The molecule has 3 unspecified atom stereocenters. The number of benzene rings is 1. The molecule has 5 rings (SSSR count). The van der Waals surface area contributed by atoms with Crippen molar-refractivity contribution in [3.8, 4) is 11.3 Å². The summed E-state index contributed by atoms with van der Waals surface area (Å²) in [5.41, 5.74) is 2.24. The molecule has 4 atom stereocenters. The highest BCUT2D eigenvalue weighted by Gasteiger charge is 2.46. The second-order valence-electron chi connectivity index (χ2n) is 8.42. The van der Waals surface area contributed by atoms with E-state index in [9.17, 15) is 4.39 Å². The van der Waals surface area contributed by atoms with Crippen LogP contribution in [-0.2, 0) is 4.74 Å². The van der Waals surface area contributed by atoms with Gasteiger partial charge in [-0.05, 0) is 61.6 Å². The Kier molecular flexibility index (Phi) is 4.82. The van der Waals surface area contributed by atoms with E-state index in [0.29, 0.717) is 23.6 Å². The molecule has 0 bridgehead atoms. The Morgan fingerprint density at radius 1 is 1.14 bits per heavy atom. The van der Waals surface area contributed by atoms with Crippen LogP contribution in [0.2, 0.25) is 0 Å². The summed E-state index contributed by atoms with van der Waals surface area (Å²) in [6.45, 7) is 5.91. The monoisotopic (exact) mass is 391 g/mol. The number of fused-ring (bicyclic) bond motifs is 2. The molecule has 3 aliphatic rings. The zero-order valence-corrected chi connectivity index (χ0v) is 16.5. The molecule has 150 valence electrons. The Morgan fingerprint density at radius 3 is 2.86 bits per heavy atom. The van der Waals surface area contributed by atoms with Gasteiger partial charge in [-0.25, -0.2) is 4.39 Å². The highest BCUT2D eigenvalue weighted by Crippen LogP contribution is 2.46. The summed E-state index contributed by atoms with van der Waals surface area (Å²) in [5, 5.41) is 8.65. The van der Waals surface area contributed by atoms with Gasteiger partial charge < -0.3 is 9.64 Å². The summed E-state index contributed by atoms with van der Waals surface area (Å²) < 4.78 is 19.3. The molecule has 0 N–H and O–H groups in total. The first-order valence-corrected chi connectivity index (χ1v) is 10.6. The van der Waals surface area contributed by atoms with E-state index < -0.39 is 0 Å². The second-order valence-corrected chi connectivity index (χ2v) is 8.42. The molecule has 2 saturated heterocycles. The quantitative estimate of drug-likeness (QED) is 0.746. The standard InChI is InChI=1S/C24H26FN3O/c1-16-28-14-18-5-2-3-8-21(18)22(24(28)15-29-16)11-9-20-10-12-23(27-26-20)17-6-4-7-19(25)13-17/h4,6-7,9-13,18,21-22,24H,1-3,5,8,14-15H2/b11-9+/t18?,21?,22?,24-/m1/s1. The molecule has 0 spiro atoms. The third-order valence-electron chi connectivity index (χ3n) is 6.77. The topological polar surface area (TPSA) is 38.3 Å². The third kappa shape index (κ3) is 3.54. The van der Waals surface area contributed by atoms with Crippen LogP contribution in [0.1, 0.15) is 31.4 Å². The van der Waals surface area contributed by atoms with Gasteiger partial charge in [0.2, 0.25) is 0 Å². The smallest absolute Gasteiger partial charge is 0.182 e. The molecule has 2 aliphatic heterocycles. The van der Waals surface area contributed by atoms with E-state index in [1.807, 2.05) is 18.2 Å². The first kappa shape index (κ1) is 18.3. The molecule has 29 heavy (non-hydrogen) atoms. The fourth-order valence-corrected chi connectivity index (χ4v) is 5.32. The molecule has 0 amide bonds. The van der Waals surface area contributed by atoms with Crippen molar-refractivity contribution >= 4 is 6.08 Å². The van der Waals surface area contributed by atoms with Crippen LogP contribution in [0, 0.1) is 23.6 Å². The first-order chi connectivity index (χ1) is 14.2. The van der Waals surface area contributed by atoms with Crippen LogP contribution in [0.15, 0.2) is 54.9 Å². The molecule has 5 heteroatoms. The number of piperidine rings is 1. The van der Waals surface area contributed by atoms with Gasteiger partial charge >= 0.3 is 0 Å². The van der Waals surface area contributed by atoms with Crippen molar-refractivity contribution in [3.05, 3.63) is 66.4 Å². The van der Waals surface area contributed by atoms with Crippen LogP contribution < -0.4 is 0 Å². The van der Waals surface area contributed by atoms with E-state index in [4.69, 9.17) is 4.74 Å². The van der Waals surface area contributed by atoms with Gasteiger partial charge in [-0.1, -0.05) is 31.1 Å². The number of aromatic nitrogens is 2. The third-order valence-corrected chi connectivity index (χ3v) is 6.77. The Labute approximate surface area is 171 Å². The van der Waals surface area contributed by atoms with Crippen LogP contribution in [0.4, 0.5) is 4.39 Å². The average molecular weight is 391 g/mol. The number of ether oxygens (including phenoxy) is 1. The molecule has 0 radical (unpaired) electrons. The van der Waals surface area contributed by atoms with Gasteiger partial charge in [0.15, 0.2) is 5.88 Å². The van der Waals surface area contributed by atoms with Crippen molar-refractivity contribution < 1.29 is 9.13 Å². The lowest BCUT2D eigenvalue weighted by Crippen LogP contribution is -2.51. The molecule has 3 heterocycles. The van der Waals surface area contributed by atoms with Gasteiger partial charge in [0.05, 0.1) is 17.4 Å². The molecular weight excluding hydrogens is 365 g/mol. The average Bonchev–Trinajstić information content (AvgIpc) is 3.12. The van der Waals surface area contributed by atoms with Crippen LogP contribution in [-0.4, -0.2) is 34.3 Å². The SMILES string of the molecule is C=C1OC[C@@H]2C(/C=C/c3ccc(-c4cccc(F)c4)nn3)C3CCCCC3CN12. The van der Waals surface area contributed by atoms with Crippen molar-refractivity contribution in [2.75, 3.05) is 13.2 Å². The van der Waals surface area contributed by atoms with E-state index in [0.717, 1.165) is 36.2 Å². The van der Waals surface area contributed by atoms with Gasteiger partial charge in [-0.3, -0.25) is 0 Å². The lowest BCUT2D eigenvalue weighted by molar-refractivity contribution is 0.0445. The van der Waals surface area contributed by atoms with Crippen molar-refractivity contribution in [3.63, 3.8) is 0 Å². The van der Waals surface area contributed by atoms with Crippen LogP contribution in [0.3, 0.4) is 0 Å². The maximum absolute atomic E-state index is 13.4.